The Bertz CT molecular complexity index is 99.2. The summed E-state index contributed by atoms with van der Waals surface area (Å²) in [6, 6.07) is 0. The Kier molecular flexibility index (Phi) is 1.73. The van der Waals surface area contributed by atoms with Gasteiger partial charge in [0.05, 0.1) is 0 Å². The summed E-state index contributed by atoms with van der Waals surface area (Å²) < 4.78 is 26.1. The summed E-state index contributed by atoms with van der Waals surface area (Å²) in [5.74, 6) is 0. The summed E-state index contributed by atoms with van der Waals surface area (Å²) in [4.78, 5) is 0. The molecule has 10 heavy (non-hydrogen) atoms. The molecule has 1 fully saturated rings. The molecule has 0 saturated heterocycles. The second-order valence-electron chi connectivity index (χ2n) is 3.83. The van der Waals surface area contributed by atoms with Crippen molar-refractivity contribution in [2.75, 3.05) is 0 Å². The van der Waals surface area contributed by atoms with E-state index in [1.54, 1.807) is 13.8 Å². The Labute approximate surface area is 60.6 Å². The van der Waals surface area contributed by atoms with Crippen molar-refractivity contribution < 1.29 is 8.78 Å². The molecule has 0 aromatic rings. The maximum absolute atomic E-state index is 13.0. The van der Waals surface area contributed by atoms with Crippen molar-refractivity contribution in [2.24, 2.45) is 0 Å². The molecule has 1 rings (SSSR count). The molecule has 1 saturated carbocycles. The normalized spacial score (nSPS) is 49.2. The van der Waals surface area contributed by atoms with E-state index in [4.69, 9.17) is 0 Å². The van der Waals surface area contributed by atoms with Crippen LogP contribution in [0.15, 0.2) is 0 Å². The Morgan fingerprint density at radius 3 is 1.20 bits per heavy atom. The van der Waals surface area contributed by atoms with Crippen LogP contribution < -0.4 is 0 Å². The van der Waals surface area contributed by atoms with Gasteiger partial charge >= 0.3 is 0 Å². The van der Waals surface area contributed by atoms with Crippen LogP contribution in [0.25, 0.3) is 0 Å². The first kappa shape index (κ1) is 7.96. The van der Waals surface area contributed by atoms with E-state index in [-0.39, 0.29) is 0 Å². The second kappa shape index (κ2) is 2.18. The fraction of sp³-hybridized carbons (Fsp3) is 1.00. The third kappa shape index (κ3) is 1.93. The Morgan fingerprint density at radius 1 is 0.800 bits per heavy atom. The summed E-state index contributed by atoms with van der Waals surface area (Å²) >= 11 is 0. The molecule has 0 heterocycles. The molecule has 0 spiro atoms. The lowest BCUT2D eigenvalue weighted by Crippen LogP contribution is -2.33. The van der Waals surface area contributed by atoms with Crippen molar-refractivity contribution >= 4 is 0 Å². The lowest BCUT2D eigenvalue weighted by molar-refractivity contribution is 0.0349. The van der Waals surface area contributed by atoms with Crippen molar-refractivity contribution in [3.05, 3.63) is 0 Å². The Morgan fingerprint density at radius 2 is 1.00 bits per heavy atom. The van der Waals surface area contributed by atoms with Crippen LogP contribution in [0.4, 0.5) is 8.78 Å². The fourth-order valence-electron chi connectivity index (χ4n) is 1.29. The van der Waals surface area contributed by atoms with Crippen LogP contribution in [0.3, 0.4) is 0 Å². The predicted octanol–water partition coefficient (Wildman–Crippen LogP) is 3.02. The second-order valence-corrected chi connectivity index (χ2v) is 3.83. The zero-order valence-corrected chi connectivity index (χ0v) is 6.58. The average molecular weight is 148 g/mol. The molecule has 1 aliphatic carbocycles. The van der Waals surface area contributed by atoms with E-state index in [1.807, 2.05) is 0 Å². The van der Waals surface area contributed by atoms with Gasteiger partial charge in [0.25, 0.3) is 0 Å². The molecule has 0 unspecified atom stereocenters. The van der Waals surface area contributed by atoms with Gasteiger partial charge in [0.1, 0.15) is 11.3 Å². The molecular weight excluding hydrogens is 134 g/mol. The fourth-order valence-corrected chi connectivity index (χ4v) is 1.29. The average Bonchev–Trinajstić information content (AvgIpc) is 1.79. The first-order valence-electron chi connectivity index (χ1n) is 3.79. The highest BCUT2D eigenvalue weighted by atomic mass is 19.1. The van der Waals surface area contributed by atoms with E-state index < -0.39 is 11.3 Å². The molecule has 60 valence electrons. The quantitative estimate of drug-likeness (QED) is 0.495. The number of hydrogen-bond acceptors (Lipinski definition) is 0. The summed E-state index contributed by atoms with van der Waals surface area (Å²) in [5, 5.41) is 0. The van der Waals surface area contributed by atoms with E-state index >= 15 is 0 Å². The molecule has 1 aliphatic rings. The SMILES string of the molecule is CC1(F)CCC(C)(F)CC1. The number of rotatable bonds is 0. The molecule has 0 aliphatic heterocycles. The van der Waals surface area contributed by atoms with Gasteiger partial charge in [-0.1, -0.05) is 0 Å². The first-order chi connectivity index (χ1) is 4.41. The molecule has 0 N–H and O–H groups in total. The third-order valence-corrected chi connectivity index (χ3v) is 2.34. The topological polar surface area (TPSA) is 0 Å². The molecule has 0 radical (unpaired) electrons. The standard InChI is InChI=1S/C8H14F2/c1-7(9)3-5-8(2,10)6-4-7/h3-6H2,1-2H3. The zero-order chi connectivity index (χ0) is 7.83. The summed E-state index contributed by atoms with van der Waals surface area (Å²) in [6.45, 7) is 3.12. The van der Waals surface area contributed by atoms with Gasteiger partial charge in [0.2, 0.25) is 0 Å². The highest BCUT2D eigenvalue weighted by Gasteiger charge is 2.37. The zero-order valence-electron chi connectivity index (χ0n) is 6.58. The number of hydrogen-bond donors (Lipinski definition) is 0. The summed E-state index contributed by atoms with van der Waals surface area (Å²) in [7, 11) is 0. The summed E-state index contributed by atoms with van der Waals surface area (Å²) in [6.07, 6.45) is 1.50. The van der Waals surface area contributed by atoms with Crippen LogP contribution in [-0.4, -0.2) is 11.3 Å². The third-order valence-electron chi connectivity index (χ3n) is 2.34. The monoisotopic (exact) mass is 148 g/mol. The minimum atomic E-state index is -1.11. The summed E-state index contributed by atoms with van der Waals surface area (Å²) in [5.41, 5.74) is -2.21. The van der Waals surface area contributed by atoms with Crippen LogP contribution >= 0.6 is 0 Å². The van der Waals surface area contributed by atoms with Crippen LogP contribution in [0, 0.1) is 0 Å². The maximum atomic E-state index is 13.0. The lowest BCUT2D eigenvalue weighted by atomic mass is 9.80. The van der Waals surface area contributed by atoms with Gasteiger partial charge in [0, 0.05) is 0 Å². The molecule has 0 nitrogen and oxygen atoms in total. The maximum Gasteiger partial charge on any atom is 0.108 e. The van der Waals surface area contributed by atoms with Crippen LogP contribution in [-0.2, 0) is 0 Å². The molecule has 0 aromatic carbocycles. The largest absolute Gasteiger partial charge is 0.244 e. The Hall–Kier alpha value is -0.140. The van der Waals surface area contributed by atoms with Crippen molar-refractivity contribution in [2.45, 2.75) is 50.9 Å². The molecule has 0 bridgehead atoms. The van der Waals surface area contributed by atoms with Crippen molar-refractivity contribution in [1.82, 2.24) is 0 Å². The molecular formula is C8H14F2. The van der Waals surface area contributed by atoms with E-state index in [9.17, 15) is 8.78 Å². The Balaban J connectivity index is 2.46. The van der Waals surface area contributed by atoms with Crippen LogP contribution in [0.5, 0.6) is 0 Å². The van der Waals surface area contributed by atoms with Crippen molar-refractivity contribution in [3.63, 3.8) is 0 Å². The van der Waals surface area contributed by atoms with Gasteiger partial charge in [-0.25, -0.2) is 8.78 Å². The molecule has 2 heteroatoms. The lowest BCUT2D eigenvalue weighted by Gasteiger charge is -2.33. The van der Waals surface area contributed by atoms with Crippen LogP contribution in [0.1, 0.15) is 39.5 Å². The molecule has 0 amide bonds. The number of halogens is 2. The smallest absolute Gasteiger partial charge is 0.108 e. The highest BCUT2D eigenvalue weighted by Crippen LogP contribution is 2.38. The van der Waals surface area contributed by atoms with Crippen molar-refractivity contribution in [1.29, 1.82) is 0 Å². The predicted molar refractivity (Wildman–Crippen MR) is 37.5 cm³/mol. The number of alkyl halides is 2. The minimum Gasteiger partial charge on any atom is -0.244 e. The van der Waals surface area contributed by atoms with E-state index in [0.29, 0.717) is 25.7 Å². The van der Waals surface area contributed by atoms with E-state index in [2.05, 4.69) is 0 Å². The van der Waals surface area contributed by atoms with E-state index in [1.165, 1.54) is 0 Å². The minimum absolute atomic E-state index is 0.375. The van der Waals surface area contributed by atoms with E-state index in [0.717, 1.165) is 0 Å². The van der Waals surface area contributed by atoms with Gasteiger partial charge in [-0.3, -0.25) is 0 Å². The van der Waals surface area contributed by atoms with Gasteiger partial charge in [0.15, 0.2) is 0 Å². The van der Waals surface area contributed by atoms with Gasteiger partial charge in [-0.2, -0.15) is 0 Å². The van der Waals surface area contributed by atoms with Gasteiger partial charge in [-0.05, 0) is 39.5 Å². The van der Waals surface area contributed by atoms with Gasteiger partial charge in [-0.15, -0.1) is 0 Å². The highest BCUT2D eigenvalue weighted by molar-refractivity contribution is 4.88. The first-order valence-corrected chi connectivity index (χ1v) is 3.79. The van der Waals surface area contributed by atoms with Crippen molar-refractivity contribution in [3.8, 4) is 0 Å². The molecule has 0 aromatic heterocycles. The molecule has 0 atom stereocenters. The van der Waals surface area contributed by atoms with Gasteiger partial charge < -0.3 is 0 Å². The van der Waals surface area contributed by atoms with Crippen LogP contribution in [0.2, 0.25) is 0 Å².